The molecular formula is C16H16N2O. The van der Waals surface area contributed by atoms with E-state index in [1.54, 1.807) is 0 Å². The fraction of sp³-hybridized carbons (Fsp3) is 0.188. The van der Waals surface area contributed by atoms with Gasteiger partial charge in [0.05, 0.1) is 12.3 Å². The van der Waals surface area contributed by atoms with E-state index in [9.17, 15) is 5.11 Å². The molecule has 3 nitrogen and oxygen atoms in total. The van der Waals surface area contributed by atoms with Crippen LogP contribution in [0, 0.1) is 13.8 Å². The van der Waals surface area contributed by atoms with Gasteiger partial charge in [0.25, 0.3) is 0 Å². The molecule has 0 spiro atoms. The number of benzene rings is 1. The Labute approximate surface area is 112 Å². The van der Waals surface area contributed by atoms with Crippen molar-refractivity contribution in [3.8, 4) is 11.3 Å². The second-order valence-corrected chi connectivity index (χ2v) is 4.87. The van der Waals surface area contributed by atoms with Gasteiger partial charge in [-0.1, -0.05) is 23.8 Å². The van der Waals surface area contributed by atoms with Gasteiger partial charge in [0.15, 0.2) is 0 Å². The molecule has 96 valence electrons. The highest BCUT2D eigenvalue weighted by Crippen LogP contribution is 2.25. The molecule has 0 unspecified atom stereocenters. The van der Waals surface area contributed by atoms with Crippen molar-refractivity contribution >= 4 is 5.65 Å². The molecule has 0 aliphatic rings. The van der Waals surface area contributed by atoms with Gasteiger partial charge in [0.2, 0.25) is 0 Å². The molecule has 0 amide bonds. The van der Waals surface area contributed by atoms with Crippen molar-refractivity contribution in [2.75, 3.05) is 0 Å². The Hall–Kier alpha value is -2.13. The van der Waals surface area contributed by atoms with E-state index >= 15 is 0 Å². The number of hydrogen-bond acceptors (Lipinski definition) is 2. The van der Waals surface area contributed by atoms with E-state index in [4.69, 9.17) is 0 Å². The molecule has 3 rings (SSSR count). The summed E-state index contributed by atoms with van der Waals surface area (Å²) >= 11 is 0. The van der Waals surface area contributed by atoms with Gasteiger partial charge in [-0.15, -0.1) is 0 Å². The first kappa shape index (κ1) is 11.9. The molecule has 3 heteroatoms. The SMILES string of the molecule is Cc1ccc(C)c(-c2cn3cccc(CO)c3n2)c1. The van der Waals surface area contributed by atoms with Gasteiger partial charge in [0, 0.05) is 23.5 Å². The predicted octanol–water partition coefficient (Wildman–Crippen LogP) is 3.11. The zero-order valence-electron chi connectivity index (χ0n) is 11.1. The first-order chi connectivity index (χ1) is 9.19. The Morgan fingerprint density at radius 2 is 2.05 bits per heavy atom. The predicted molar refractivity (Wildman–Crippen MR) is 76.0 cm³/mol. The van der Waals surface area contributed by atoms with Crippen LogP contribution < -0.4 is 0 Å². The molecule has 0 saturated heterocycles. The van der Waals surface area contributed by atoms with Gasteiger partial charge < -0.3 is 9.51 Å². The third-order valence-corrected chi connectivity index (χ3v) is 3.40. The van der Waals surface area contributed by atoms with Crippen LogP contribution in [-0.4, -0.2) is 14.5 Å². The Kier molecular flexibility index (Phi) is 2.84. The van der Waals surface area contributed by atoms with Gasteiger partial charge in [-0.25, -0.2) is 4.98 Å². The normalized spacial score (nSPS) is 11.1. The fourth-order valence-electron chi connectivity index (χ4n) is 2.34. The van der Waals surface area contributed by atoms with Crippen LogP contribution in [0.15, 0.2) is 42.7 Å². The molecule has 2 aromatic heterocycles. The Balaban J connectivity index is 2.23. The Morgan fingerprint density at radius 1 is 1.21 bits per heavy atom. The zero-order chi connectivity index (χ0) is 13.4. The quantitative estimate of drug-likeness (QED) is 0.761. The van der Waals surface area contributed by atoms with E-state index in [1.165, 1.54) is 11.1 Å². The van der Waals surface area contributed by atoms with E-state index < -0.39 is 0 Å². The molecular weight excluding hydrogens is 236 g/mol. The fourth-order valence-corrected chi connectivity index (χ4v) is 2.34. The van der Waals surface area contributed by atoms with Crippen molar-refractivity contribution in [2.45, 2.75) is 20.5 Å². The number of aliphatic hydroxyl groups excluding tert-OH is 1. The van der Waals surface area contributed by atoms with Crippen LogP contribution >= 0.6 is 0 Å². The number of aromatic nitrogens is 2. The first-order valence-electron chi connectivity index (χ1n) is 6.34. The summed E-state index contributed by atoms with van der Waals surface area (Å²) in [5.74, 6) is 0. The van der Waals surface area contributed by atoms with E-state index in [1.807, 2.05) is 28.9 Å². The van der Waals surface area contributed by atoms with Gasteiger partial charge in [0.1, 0.15) is 5.65 Å². The lowest BCUT2D eigenvalue weighted by molar-refractivity contribution is 0.282. The molecule has 3 aromatic rings. The summed E-state index contributed by atoms with van der Waals surface area (Å²) in [4.78, 5) is 4.66. The number of rotatable bonds is 2. The van der Waals surface area contributed by atoms with Crippen LogP contribution in [0.3, 0.4) is 0 Å². The molecule has 0 aliphatic heterocycles. The molecule has 19 heavy (non-hydrogen) atoms. The van der Waals surface area contributed by atoms with E-state index in [-0.39, 0.29) is 6.61 Å². The number of aliphatic hydroxyl groups is 1. The highest BCUT2D eigenvalue weighted by atomic mass is 16.3. The summed E-state index contributed by atoms with van der Waals surface area (Å²) in [5, 5.41) is 9.36. The summed E-state index contributed by atoms with van der Waals surface area (Å²) in [6.45, 7) is 4.18. The lowest BCUT2D eigenvalue weighted by atomic mass is 10.0. The number of fused-ring (bicyclic) bond motifs is 1. The van der Waals surface area contributed by atoms with Crippen molar-refractivity contribution in [2.24, 2.45) is 0 Å². The average molecular weight is 252 g/mol. The lowest BCUT2D eigenvalue weighted by Gasteiger charge is -2.03. The topological polar surface area (TPSA) is 37.5 Å². The van der Waals surface area contributed by atoms with Gasteiger partial charge in [-0.3, -0.25) is 0 Å². The van der Waals surface area contributed by atoms with E-state index in [0.717, 1.165) is 22.5 Å². The Morgan fingerprint density at radius 3 is 2.84 bits per heavy atom. The van der Waals surface area contributed by atoms with Crippen molar-refractivity contribution in [1.82, 2.24) is 9.38 Å². The van der Waals surface area contributed by atoms with Crippen LogP contribution in [0.2, 0.25) is 0 Å². The molecule has 0 fully saturated rings. The first-order valence-corrected chi connectivity index (χ1v) is 6.34. The van der Waals surface area contributed by atoms with Crippen LogP contribution in [0.25, 0.3) is 16.9 Å². The minimum Gasteiger partial charge on any atom is -0.392 e. The third kappa shape index (κ3) is 2.02. The smallest absolute Gasteiger partial charge is 0.142 e. The van der Waals surface area contributed by atoms with Crippen LogP contribution in [0.1, 0.15) is 16.7 Å². The van der Waals surface area contributed by atoms with Crippen molar-refractivity contribution in [3.05, 3.63) is 59.4 Å². The summed E-state index contributed by atoms with van der Waals surface area (Å²) in [6, 6.07) is 10.2. The highest BCUT2D eigenvalue weighted by molar-refractivity contribution is 5.67. The number of imidazole rings is 1. The monoisotopic (exact) mass is 252 g/mol. The third-order valence-electron chi connectivity index (χ3n) is 3.40. The summed E-state index contributed by atoms with van der Waals surface area (Å²) in [6.07, 6.45) is 3.96. The van der Waals surface area contributed by atoms with Gasteiger partial charge >= 0.3 is 0 Å². The molecule has 0 bridgehead atoms. The zero-order valence-corrected chi connectivity index (χ0v) is 11.1. The summed E-state index contributed by atoms with van der Waals surface area (Å²) in [5.41, 5.74) is 6.19. The summed E-state index contributed by atoms with van der Waals surface area (Å²) in [7, 11) is 0. The maximum atomic E-state index is 9.36. The van der Waals surface area contributed by atoms with Gasteiger partial charge in [-0.05, 0) is 31.5 Å². The highest BCUT2D eigenvalue weighted by Gasteiger charge is 2.09. The molecule has 1 N–H and O–H groups in total. The van der Waals surface area contributed by atoms with Crippen LogP contribution in [-0.2, 0) is 6.61 Å². The molecule has 0 atom stereocenters. The van der Waals surface area contributed by atoms with Crippen molar-refractivity contribution < 1.29 is 5.11 Å². The van der Waals surface area contributed by atoms with Gasteiger partial charge in [-0.2, -0.15) is 0 Å². The molecule has 1 aromatic carbocycles. The number of aryl methyl sites for hydroxylation is 2. The van der Waals surface area contributed by atoms with Crippen molar-refractivity contribution in [1.29, 1.82) is 0 Å². The van der Waals surface area contributed by atoms with Crippen LogP contribution in [0.5, 0.6) is 0 Å². The minimum atomic E-state index is 0.00753. The Bertz CT molecular complexity index is 744. The number of nitrogens with zero attached hydrogens (tertiary/aromatic N) is 2. The molecule has 0 radical (unpaired) electrons. The lowest BCUT2D eigenvalue weighted by Crippen LogP contribution is -1.90. The largest absolute Gasteiger partial charge is 0.392 e. The van der Waals surface area contributed by atoms with Crippen LogP contribution in [0.4, 0.5) is 0 Å². The maximum Gasteiger partial charge on any atom is 0.142 e. The number of hydrogen-bond donors (Lipinski definition) is 1. The molecule has 0 aliphatic carbocycles. The second-order valence-electron chi connectivity index (χ2n) is 4.87. The number of pyridine rings is 1. The second kappa shape index (κ2) is 4.52. The van der Waals surface area contributed by atoms with E-state index in [0.29, 0.717) is 0 Å². The maximum absolute atomic E-state index is 9.36. The average Bonchev–Trinajstić information content (AvgIpc) is 2.85. The molecule has 0 saturated carbocycles. The van der Waals surface area contributed by atoms with Crippen molar-refractivity contribution in [3.63, 3.8) is 0 Å². The minimum absolute atomic E-state index is 0.00753. The molecule has 2 heterocycles. The van der Waals surface area contributed by atoms with E-state index in [2.05, 4.69) is 37.0 Å². The summed E-state index contributed by atoms with van der Waals surface area (Å²) < 4.78 is 1.96. The standard InChI is InChI=1S/C16H16N2O/c1-11-5-6-12(2)14(8-11)15-9-18-7-3-4-13(10-19)16(18)17-15/h3-9,19H,10H2,1-2H3.